The average molecular weight is 532 g/mol. The summed E-state index contributed by atoms with van der Waals surface area (Å²) >= 11 is 0. The predicted octanol–water partition coefficient (Wildman–Crippen LogP) is 3.60. The minimum Gasteiger partial charge on any atom is -0.478 e. The van der Waals surface area contributed by atoms with Crippen molar-refractivity contribution in [3.63, 3.8) is 0 Å². The number of carbonyl (C=O) groups is 3. The first-order valence-corrected chi connectivity index (χ1v) is 12.9. The molecule has 3 N–H and O–H groups in total. The molecule has 0 spiro atoms. The van der Waals surface area contributed by atoms with E-state index < -0.39 is 17.9 Å². The summed E-state index contributed by atoms with van der Waals surface area (Å²) < 4.78 is 0. The first-order chi connectivity index (χ1) is 18.8. The monoisotopic (exact) mass is 531 g/mol. The number of carboxylic acid groups (broad SMARTS) is 3. The topological polar surface area (TPSA) is 122 Å². The van der Waals surface area contributed by atoms with E-state index in [2.05, 4.69) is 14.7 Å². The molecule has 1 heterocycles. The molecule has 0 bridgehead atoms. The predicted molar refractivity (Wildman–Crippen MR) is 146 cm³/mol. The van der Waals surface area contributed by atoms with Crippen molar-refractivity contribution in [1.29, 1.82) is 0 Å². The van der Waals surface area contributed by atoms with Crippen LogP contribution >= 0.6 is 0 Å². The van der Waals surface area contributed by atoms with E-state index >= 15 is 0 Å². The zero-order valence-electron chi connectivity index (χ0n) is 21.7. The van der Waals surface area contributed by atoms with Gasteiger partial charge in [-0.2, -0.15) is 0 Å². The van der Waals surface area contributed by atoms with E-state index in [-0.39, 0.29) is 16.7 Å². The van der Waals surface area contributed by atoms with Crippen molar-refractivity contribution in [2.24, 2.45) is 0 Å². The lowest BCUT2D eigenvalue weighted by Gasteiger charge is -2.26. The number of carboxylic acids is 3. The van der Waals surface area contributed by atoms with Gasteiger partial charge in [-0.15, -0.1) is 0 Å². The molecule has 9 nitrogen and oxygen atoms in total. The zero-order chi connectivity index (χ0) is 27.8. The molecule has 0 saturated carbocycles. The highest BCUT2D eigenvalue weighted by Crippen LogP contribution is 2.14. The molecule has 3 aromatic rings. The fourth-order valence-corrected chi connectivity index (χ4v) is 4.69. The Morgan fingerprint density at radius 2 is 0.641 bits per heavy atom. The Kier molecular flexibility index (Phi) is 9.43. The Balaban J connectivity index is 1.48. The van der Waals surface area contributed by atoms with Crippen molar-refractivity contribution in [1.82, 2.24) is 14.7 Å². The van der Waals surface area contributed by atoms with Gasteiger partial charge in [-0.25, -0.2) is 14.4 Å². The van der Waals surface area contributed by atoms with Gasteiger partial charge in [-0.1, -0.05) is 36.4 Å². The van der Waals surface area contributed by atoms with Gasteiger partial charge in [0.05, 0.1) is 16.7 Å². The summed E-state index contributed by atoms with van der Waals surface area (Å²) in [6, 6.07) is 21.0. The van der Waals surface area contributed by atoms with E-state index in [0.29, 0.717) is 19.6 Å². The van der Waals surface area contributed by atoms with Crippen LogP contribution in [0.15, 0.2) is 72.8 Å². The summed E-state index contributed by atoms with van der Waals surface area (Å²) in [7, 11) is 0. The fourth-order valence-electron chi connectivity index (χ4n) is 4.69. The molecule has 0 atom stereocenters. The van der Waals surface area contributed by atoms with Gasteiger partial charge < -0.3 is 15.3 Å². The van der Waals surface area contributed by atoms with Gasteiger partial charge in [0.15, 0.2) is 0 Å². The molecular weight excluding hydrogens is 498 g/mol. The van der Waals surface area contributed by atoms with E-state index in [9.17, 15) is 29.7 Å². The summed E-state index contributed by atoms with van der Waals surface area (Å²) in [5, 5.41) is 27.6. The maximum atomic E-state index is 11.2. The van der Waals surface area contributed by atoms with Crippen LogP contribution in [-0.4, -0.2) is 87.2 Å². The van der Waals surface area contributed by atoms with E-state index in [1.807, 2.05) is 36.4 Å². The Bertz CT molecular complexity index is 1100. The molecule has 1 aliphatic rings. The van der Waals surface area contributed by atoms with Crippen molar-refractivity contribution in [3.05, 3.63) is 106 Å². The second kappa shape index (κ2) is 13.1. The summed E-state index contributed by atoms with van der Waals surface area (Å²) in [5.74, 6) is -2.82. The van der Waals surface area contributed by atoms with Gasteiger partial charge in [0, 0.05) is 58.9 Å². The van der Waals surface area contributed by atoms with Crippen LogP contribution in [-0.2, 0) is 19.6 Å². The van der Waals surface area contributed by atoms with Gasteiger partial charge in [-0.3, -0.25) is 14.7 Å². The maximum Gasteiger partial charge on any atom is 0.335 e. The number of rotatable bonds is 9. The lowest BCUT2D eigenvalue weighted by atomic mass is 10.1. The standard InChI is InChI=1S/C30H33N3O6/c34-28(35)25-7-1-22(2-8-25)19-31-13-15-32(20-23-3-9-26(10-4-23)29(36)37)17-18-33(16-14-31)21-24-5-11-27(12-6-24)30(38)39/h1-12H,13-21H2,(H,34,35)(H,36,37)(H,38,39). The Morgan fingerprint density at radius 1 is 0.436 bits per heavy atom. The van der Waals surface area contributed by atoms with Crippen LogP contribution < -0.4 is 0 Å². The smallest absolute Gasteiger partial charge is 0.335 e. The van der Waals surface area contributed by atoms with E-state index in [4.69, 9.17) is 0 Å². The largest absolute Gasteiger partial charge is 0.478 e. The van der Waals surface area contributed by atoms with Gasteiger partial charge in [0.25, 0.3) is 0 Å². The van der Waals surface area contributed by atoms with Crippen molar-refractivity contribution in [2.45, 2.75) is 19.6 Å². The third-order valence-corrected chi connectivity index (χ3v) is 7.02. The Labute approximate surface area is 227 Å². The highest BCUT2D eigenvalue weighted by atomic mass is 16.4. The fraction of sp³-hybridized carbons (Fsp3) is 0.300. The highest BCUT2D eigenvalue weighted by molar-refractivity contribution is 5.88. The first kappa shape index (κ1) is 28.0. The van der Waals surface area contributed by atoms with Crippen molar-refractivity contribution in [2.75, 3.05) is 39.3 Å². The van der Waals surface area contributed by atoms with Crippen LogP contribution in [0.25, 0.3) is 0 Å². The van der Waals surface area contributed by atoms with Crippen LogP contribution in [0.2, 0.25) is 0 Å². The molecular formula is C30H33N3O6. The second-order valence-electron chi connectivity index (χ2n) is 9.83. The number of hydrogen-bond donors (Lipinski definition) is 3. The number of nitrogens with zero attached hydrogens (tertiary/aromatic N) is 3. The Hall–Kier alpha value is -4.05. The van der Waals surface area contributed by atoms with Crippen LogP contribution in [0.3, 0.4) is 0 Å². The first-order valence-electron chi connectivity index (χ1n) is 12.9. The van der Waals surface area contributed by atoms with Crippen LogP contribution in [0.4, 0.5) is 0 Å². The molecule has 1 aliphatic heterocycles. The number of benzene rings is 3. The van der Waals surface area contributed by atoms with Crippen LogP contribution in [0, 0.1) is 0 Å². The summed E-state index contributed by atoms with van der Waals surface area (Å²) in [6.07, 6.45) is 0. The number of hydrogen-bond acceptors (Lipinski definition) is 6. The van der Waals surface area contributed by atoms with Crippen molar-refractivity contribution >= 4 is 17.9 Å². The minimum atomic E-state index is -0.941. The molecule has 3 aromatic carbocycles. The lowest BCUT2D eigenvalue weighted by molar-refractivity contribution is 0.0686. The molecule has 0 unspecified atom stereocenters. The molecule has 204 valence electrons. The number of aromatic carboxylic acids is 3. The molecule has 9 heteroatoms. The highest BCUT2D eigenvalue weighted by Gasteiger charge is 2.18. The molecule has 0 radical (unpaired) electrons. The quantitative estimate of drug-likeness (QED) is 0.380. The molecule has 0 aromatic heterocycles. The SMILES string of the molecule is O=C(O)c1ccc(CN2CCN(Cc3ccc(C(=O)O)cc3)CCN(Cc3ccc(C(=O)O)cc3)CC2)cc1. The van der Waals surface area contributed by atoms with Crippen LogP contribution in [0.1, 0.15) is 47.8 Å². The maximum absolute atomic E-state index is 11.2. The molecule has 0 amide bonds. The van der Waals surface area contributed by atoms with Crippen LogP contribution in [0.5, 0.6) is 0 Å². The molecule has 1 fully saturated rings. The Morgan fingerprint density at radius 3 is 0.821 bits per heavy atom. The lowest BCUT2D eigenvalue weighted by Crippen LogP contribution is -2.35. The van der Waals surface area contributed by atoms with Gasteiger partial charge in [0.1, 0.15) is 0 Å². The summed E-state index contributed by atoms with van der Waals surface area (Å²) in [6.45, 7) is 7.06. The van der Waals surface area contributed by atoms with E-state index in [1.54, 1.807) is 36.4 Å². The third kappa shape index (κ3) is 8.22. The van der Waals surface area contributed by atoms with Crippen molar-refractivity contribution in [3.8, 4) is 0 Å². The van der Waals surface area contributed by atoms with Gasteiger partial charge in [0.2, 0.25) is 0 Å². The summed E-state index contributed by atoms with van der Waals surface area (Å²) in [4.78, 5) is 40.8. The average Bonchev–Trinajstić information content (AvgIpc) is 3.01. The molecule has 39 heavy (non-hydrogen) atoms. The second-order valence-corrected chi connectivity index (χ2v) is 9.83. The molecule has 1 saturated heterocycles. The third-order valence-electron chi connectivity index (χ3n) is 7.02. The van der Waals surface area contributed by atoms with Gasteiger partial charge >= 0.3 is 17.9 Å². The van der Waals surface area contributed by atoms with E-state index in [1.165, 1.54) is 0 Å². The van der Waals surface area contributed by atoms with Gasteiger partial charge in [-0.05, 0) is 53.1 Å². The minimum absolute atomic E-state index is 0.267. The molecule has 0 aliphatic carbocycles. The summed E-state index contributed by atoms with van der Waals surface area (Å²) in [5.41, 5.74) is 3.94. The normalized spacial score (nSPS) is 15.7. The molecule has 4 rings (SSSR count). The van der Waals surface area contributed by atoms with Crippen molar-refractivity contribution < 1.29 is 29.7 Å². The van der Waals surface area contributed by atoms with E-state index in [0.717, 1.165) is 56.0 Å². The zero-order valence-corrected chi connectivity index (χ0v) is 21.7.